The second-order valence-corrected chi connectivity index (χ2v) is 5.14. The summed E-state index contributed by atoms with van der Waals surface area (Å²) in [6.45, 7) is 0. The maximum atomic E-state index is 12.5. The van der Waals surface area contributed by atoms with Crippen LogP contribution in [0.4, 0.5) is 35.0 Å². The predicted molar refractivity (Wildman–Crippen MR) is 83.9 cm³/mol. The standard InChI is InChI=1S/C14H9ClF3N3O4/c15-9-5-7(14(16,17)18)1-3-10(9)19-13(23)20-11-4-2-8(21(24)25)6-12(11)22/h1-6,22H,(H2,19,20,23). The SMILES string of the molecule is O=C(Nc1ccc([N+](=O)[O-])cc1O)Nc1ccc(C(F)(F)F)cc1Cl. The van der Waals surface area contributed by atoms with Crippen LogP contribution in [0.5, 0.6) is 5.75 Å². The minimum Gasteiger partial charge on any atom is -0.506 e. The number of nitrogens with zero attached hydrogens (tertiary/aromatic N) is 1. The fourth-order valence-electron chi connectivity index (χ4n) is 1.81. The summed E-state index contributed by atoms with van der Waals surface area (Å²) in [5.74, 6) is -0.553. The Balaban J connectivity index is 2.12. The van der Waals surface area contributed by atoms with Crippen molar-refractivity contribution >= 4 is 34.7 Å². The number of benzene rings is 2. The van der Waals surface area contributed by atoms with Gasteiger partial charge in [0.2, 0.25) is 0 Å². The van der Waals surface area contributed by atoms with E-state index < -0.39 is 28.4 Å². The number of phenolic OH excluding ortho intramolecular Hbond substituents is 1. The van der Waals surface area contributed by atoms with Gasteiger partial charge >= 0.3 is 12.2 Å². The van der Waals surface area contributed by atoms with E-state index in [0.717, 1.165) is 30.3 Å². The Hall–Kier alpha value is -3.01. The molecule has 0 aromatic heterocycles. The van der Waals surface area contributed by atoms with Crippen molar-refractivity contribution in [3.63, 3.8) is 0 Å². The zero-order chi connectivity index (χ0) is 18.8. The van der Waals surface area contributed by atoms with Gasteiger partial charge in [0.15, 0.2) is 0 Å². The Labute approximate surface area is 143 Å². The van der Waals surface area contributed by atoms with Gasteiger partial charge in [-0.3, -0.25) is 10.1 Å². The third-order valence-electron chi connectivity index (χ3n) is 2.98. The lowest BCUT2D eigenvalue weighted by atomic mass is 10.2. The summed E-state index contributed by atoms with van der Waals surface area (Å²) in [5.41, 5.74) is -1.58. The molecule has 0 aliphatic carbocycles. The summed E-state index contributed by atoms with van der Waals surface area (Å²) in [7, 11) is 0. The zero-order valence-electron chi connectivity index (χ0n) is 12.1. The molecule has 2 aromatic rings. The lowest BCUT2D eigenvalue weighted by molar-refractivity contribution is -0.384. The molecule has 0 bridgehead atoms. The number of carbonyl (C=O) groups excluding carboxylic acids is 1. The molecule has 0 unspecified atom stereocenters. The number of non-ortho nitro benzene ring substituents is 1. The third kappa shape index (κ3) is 4.51. The molecule has 2 aromatic carbocycles. The monoisotopic (exact) mass is 375 g/mol. The van der Waals surface area contributed by atoms with E-state index in [4.69, 9.17) is 11.6 Å². The molecule has 3 N–H and O–H groups in total. The molecule has 0 radical (unpaired) electrons. The number of nitro groups is 1. The van der Waals surface area contributed by atoms with E-state index in [2.05, 4.69) is 10.6 Å². The van der Waals surface area contributed by atoms with Gasteiger partial charge in [-0.1, -0.05) is 11.6 Å². The molecular formula is C14H9ClF3N3O4. The van der Waals surface area contributed by atoms with Crippen LogP contribution in [0.1, 0.15) is 5.56 Å². The van der Waals surface area contributed by atoms with Gasteiger partial charge < -0.3 is 15.7 Å². The number of aromatic hydroxyl groups is 1. The number of amides is 2. The first-order chi connectivity index (χ1) is 11.6. The van der Waals surface area contributed by atoms with Crippen LogP contribution in [-0.4, -0.2) is 16.1 Å². The Kier molecular flexibility index (Phi) is 5.02. The number of rotatable bonds is 3. The maximum Gasteiger partial charge on any atom is 0.416 e. The van der Waals surface area contributed by atoms with Crippen LogP contribution in [0.25, 0.3) is 0 Å². The number of alkyl halides is 3. The molecule has 2 amide bonds. The van der Waals surface area contributed by atoms with E-state index in [1.165, 1.54) is 0 Å². The van der Waals surface area contributed by atoms with E-state index in [9.17, 15) is 33.2 Å². The van der Waals surface area contributed by atoms with Gasteiger partial charge in [0.25, 0.3) is 5.69 Å². The lowest BCUT2D eigenvalue weighted by Gasteiger charge is -2.12. The molecule has 0 saturated carbocycles. The van der Waals surface area contributed by atoms with Gasteiger partial charge in [-0.2, -0.15) is 13.2 Å². The molecule has 0 atom stereocenters. The number of urea groups is 1. The smallest absolute Gasteiger partial charge is 0.416 e. The highest BCUT2D eigenvalue weighted by molar-refractivity contribution is 6.33. The molecule has 0 aliphatic rings. The van der Waals surface area contributed by atoms with Crippen LogP contribution in [0.15, 0.2) is 36.4 Å². The maximum absolute atomic E-state index is 12.5. The van der Waals surface area contributed by atoms with Gasteiger partial charge in [0.05, 0.1) is 33.0 Å². The molecular weight excluding hydrogens is 367 g/mol. The van der Waals surface area contributed by atoms with Crippen LogP contribution in [0.2, 0.25) is 5.02 Å². The average molecular weight is 376 g/mol. The van der Waals surface area contributed by atoms with Crippen molar-refractivity contribution < 1.29 is 28.0 Å². The first kappa shape index (κ1) is 18.3. The normalized spacial score (nSPS) is 11.0. The highest BCUT2D eigenvalue weighted by atomic mass is 35.5. The topological polar surface area (TPSA) is 104 Å². The summed E-state index contributed by atoms with van der Waals surface area (Å²) >= 11 is 5.70. The van der Waals surface area contributed by atoms with Crippen LogP contribution in [0.3, 0.4) is 0 Å². The highest BCUT2D eigenvalue weighted by Gasteiger charge is 2.31. The summed E-state index contributed by atoms with van der Waals surface area (Å²) in [4.78, 5) is 21.7. The van der Waals surface area contributed by atoms with Crippen molar-refractivity contribution in [3.8, 4) is 5.75 Å². The van der Waals surface area contributed by atoms with Gasteiger partial charge in [-0.15, -0.1) is 0 Å². The van der Waals surface area contributed by atoms with Crippen LogP contribution in [-0.2, 0) is 6.18 Å². The van der Waals surface area contributed by atoms with Gasteiger partial charge in [0, 0.05) is 6.07 Å². The Morgan fingerprint density at radius 1 is 1.12 bits per heavy atom. The Morgan fingerprint density at radius 2 is 1.72 bits per heavy atom. The van der Waals surface area contributed by atoms with E-state index in [0.29, 0.717) is 6.07 Å². The minimum atomic E-state index is -4.57. The summed E-state index contributed by atoms with van der Waals surface area (Å²) in [6.07, 6.45) is -4.57. The zero-order valence-corrected chi connectivity index (χ0v) is 12.9. The Morgan fingerprint density at radius 3 is 2.24 bits per heavy atom. The molecule has 0 fully saturated rings. The number of hydrogen-bond acceptors (Lipinski definition) is 4. The second kappa shape index (κ2) is 6.85. The van der Waals surface area contributed by atoms with Crippen molar-refractivity contribution in [1.82, 2.24) is 0 Å². The number of nitro benzene ring substituents is 1. The van der Waals surface area contributed by atoms with E-state index in [1.54, 1.807) is 0 Å². The van der Waals surface area contributed by atoms with E-state index >= 15 is 0 Å². The molecule has 7 nitrogen and oxygen atoms in total. The largest absolute Gasteiger partial charge is 0.506 e. The third-order valence-corrected chi connectivity index (χ3v) is 3.30. The number of carbonyl (C=O) groups is 1. The molecule has 0 saturated heterocycles. The number of nitrogens with one attached hydrogen (secondary N) is 2. The fraction of sp³-hybridized carbons (Fsp3) is 0.0714. The second-order valence-electron chi connectivity index (χ2n) is 4.73. The lowest BCUT2D eigenvalue weighted by Crippen LogP contribution is -2.20. The van der Waals surface area contributed by atoms with E-state index in [-0.39, 0.29) is 22.1 Å². The molecule has 0 heterocycles. The van der Waals surface area contributed by atoms with Crippen molar-refractivity contribution in [2.24, 2.45) is 0 Å². The summed E-state index contributed by atoms with van der Waals surface area (Å²) in [6, 6.07) is 4.44. The molecule has 132 valence electrons. The molecule has 25 heavy (non-hydrogen) atoms. The average Bonchev–Trinajstić information content (AvgIpc) is 2.50. The van der Waals surface area contributed by atoms with Crippen molar-refractivity contribution in [3.05, 3.63) is 57.1 Å². The van der Waals surface area contributed by atoms with Crippen molar-refractivity contribution in [2.45, 2.75) is 6.18 Å². The first-order valence-electron chi connectivity index (χ1n) is 6.50. The van der Waals surface area contributed by atoms with Gasteiger partial charge in [-0.25, -0.2) is 4.79 Å². The van der Waals surface area contributed by atoms with Gasteiger partial charge in [0.1, 0.15) is 5.75 Å². The highest BCUT2D eigenvalue weighted by Crippen LogP contribution is 2.34. The number of halogens is 4. The Bertz CT molecular complexity index is 843. The number of phenols is 1. The van der Waals surface area contributed by atoms with Crippen LogP contribution < -0.4 is 10.6 Å². The summed E-state index contributed by atoms with van der Waals surface area (Å²) in [5, 5.41) is 24.3. The van der Waals surface area contributed by atoms with Gasteiger partial charge in [-0.05, 0) is 24.3 Å². The number of hydrogen-bond donors (Lipinski definition) is 3. The summed E-state index contributed by atoms with van der Waals surface area (Å²) < 4.78 is 37.6. The molecule has 11 heteroatoms. The van der Waals surface area contributed by atoms with Crippen LogP contribution >= 0.6 is 11.6 Å². The molecule has 0 spiro atoms. The first-order valence-corrected chi connectivity index (χ1v) is 6.88. The quantitative estimate of drug-likeness (QED) is 0.413. The van der Waals surface area contributed by atoms with Crippen molar-refractivity contribution in [1.29, 1.82) is 0 Å². The van der Waals surface area contributed by atoms with E-state index in [1.807, 2.05) is 0 Å². The number of anilines is 2. The fourth-order valence-corrected chi connectivity index (χ4v) is 2.04. The predicted octanol–water partition coefficient (Wildman–Crippen LogP) is 4.62. The molecule has 0 aliphatic heterocycles. The van der Waals surface area contributed by atoms with Crippen molar-refractivity contribution in [2.75, 3.05) is 10.6 Å². The van der Waals surface area contributed by atoms with Crippen LogP contribution in [0, 0.1) is 10.1 Å². The minimum absolute atomic E-state index is 0.0893. The molecule has 2 rings (SSSR count).